The fourth-order valence-corrected chi connectivity index (χ4v) is 3.92. The second kappa shape index (κ2) is 11.3. The van der Waals surface area contributed by atoms with Gasteiger partial charge in [-0.15, -0.1) is 0 Å². The number of piperidine rings is 1. The van der Waals surface area contributed by atoms with Gasteiger partial charge in [0.25, 0.3) is 0 Å². The van der Waals surface area contributed by atoms with E-state index in [1.54, 1.807) is 7.11 Å². The standard InChI is InChI=1S/C23H36N4O3/c1-25(12-9-20-14-24-26(2)16-20)15-19-7-8-22(29-3)23(13-19)30-18-21(28)17-27-10-5-4-6-11-27/h7-8,13-14,16,21,28H,4-6,9-12,15,17-18H2,1-3H3/t21-/m1/s1. The summed E-state index contributed by atoms with van der Waals surface area (Å²) < 4.78 is 13.2. The number of aryl methyl sites for hydroxylation is 1. The lowest BCUT2D eigenvalue weighted by Gasteiger charge is -2.28. The van der Waals surface area contributed by atoms with Crippen LogP contribution in [0.15, 0.2) is 30.6 Å². The first-order valence-electron chi connectivity index (χ1n) is 10.9. The Bertz CT molecular complexity index is 774. The predicted octanol–water partition coefficient (Wildman–Crippen LogP) is 2.33. The van der Waals surface area contributed by atoms with E-state index in [1.165, 1.54) is 24.8 Å². The summed E-state index contributed by atoms with van der Waals surface area (Å²) in [4.78, 5) is 4.60. The van der Waals surface area contributed by atoms with Gasteiger partial charge < -0.3 is 24.4 Å². The van der Waals surface area contributed by atoms with Crippen molar-refractivity contribution in [3.63, 3.8) is 0 Å². The fourth-order valence-electron chi connectivity index (χ4n) is 3.92. The fraction of sp³-hybridized carbons (Fsp3) is 0.609. The number of ether oxygens (including phenoxy) is 2. The minimum absolute atomic E-state index is 0.271. The highest BCUT2D eigenvalue weighted by Gasteiger charge is 2.16. The van der Waals surface area contributed by atoms with Gasteiger partial charge in [-0.05, 0) is 62.7 Å². The first kappa shape index (κ1) is 22.6. The van der Waals surface area contributed by atoms with Crippen LogP contribution in [0.1, 0.15) is 30.4 Å². The van der Waals surface area contributed by atoms with Crippen LogP contribution in [0.3, 0.4) is 0 Å². The van der Waals surface area contributed by atoms with E-state index in [2.05, 4.69) is 34.2 Å². The Morgan fingerprint density at radius 1 is 1.17 bits per heavy atom. The molecule has 166 valence electrons. The third-order valence-electron chi connectivity index (χ3n) is 5.57. The molecule has 30 heavy (non-hydrogen) atoms. The van der Waals surface area contributed by atoms with Crippen LogP contribution < -0.4 is 9.47 Å². The molecule has 0 radical (unpaired) electrons. The summed E-state index contributed by atoms with van der Waals surface area (Å²) in [7, 11) is 5.70. The van der Waals surface area contributed by atoms with Crippen molar-refractivity contribution >= 4 is 0 Å². The first-order chi connectivity index (χ1) is 14.5. The zero-order valence-corrected chi connectivity index (χ0v) is 18.6. The number of hydrogen-bond acceptors (Lipinski definition) is 6. The third kappa shape index (κ3) is 7.00. The van der Waals surface area contributed by atoms with Crippen LogP contribution in [0.5, 0.6) is 11.5 Å². The molecule has 1 aliphatic heterocycles. The minimum atomic E-state index is -0.501. The lowest BCUT2D eigenvalue weighted by Crippen LogP contribution is -2.38. The average molecular weight is 417 g/mol. The monoisotopic (exact) mass is 416 g/mol. The molecule has 0 bridgehead atoms. The van der Waals surface area contributed by atoms with Gasteiger partial charge in [-0.1, -0.05) is 12.5 Å². The van der Waals surface area contributed by atoms with Gasteiger partial charge in [0.1, 0.15) is 12.7 Å². The number of methoxy groups -OCH3 is 1. The third-order valence-corrected chi connectivity index (χ3v) is 5.57. The molecule has 1 aromatic heterocycles. The molecule has 1 aliphatic rings. The number of likely N-dealkylation sites (N-methyl/N-ethyl adjacent to an activating group) is 1. The molecular weight excluding hydrogens is 380 g/mol. The smallest absolute Gasteiger partial charge is 0.161 e. The molecule has 7 heteroatoms. The molecular formula is C23H36N4O3. The number of likely N-dealkylation sites (tertiary alicyclic amines) is 1. The van der Waals surface area contributed by atoms with Crippen molar-refractivity contribution in [3.05, 3.63) is 41.7 Å². The normalized spacial score (nSPS) is 16.0. The molecule has 0 saturated carbocycles. The van der Waals surface area contributed by atoms with E-state index in [1.807, 2.05) is 30.1 Å². The van der Waals surface area contributed by atoms with Crippen molar-refractivity contribution < 1.29 is 14.6 Å². The van der Waals surface area contributed by atoms with Gasteiger partial charge in [0.15, 0.2) is 11.5 Å². The SMILES string of the molecule is COc1ccc(CN(C)CCc2cnn(C)c2)cc1OC[C@H](O)CN1CCCCC1. The summed E-state index contributed by atoms with van der Waals surface area (Å²) in [6.07, 6.45) is 8.18. The van der Waals surface area contributed by atoms with Gasteiger partial charge >= 0.3 is 0 Å². The van der Waals surface area contributed by atoms with Gasteiger partial charge in [-0.25, -0.2) is 0 Å². The number of rotatable bonds is 11. The van der Waals surface area contributed by atoms with Crippen molar-refractivity contribution in [3.8, 4) is 11.5 Å². The van der Waals surface area contributed by atoms with Crippen molar-refractivity contribution in [1.82, 2.24) is 19.6 Å². The highest BCUT2D eigenvalue weighted by molar-refractivity contribution is 5.43. The summed E-state index contributed by atoms with van der Waals surface area (Å²) in [5, 5.41) is 14.6. The van der Waals surface area contributed by atoms with E-state index < -0.39 is 6.10 Å². The number of benzene rings is 1. The highest BCUT2D eigenvalue weighted by Crippen LogP contribution is 2.28. The van der Waals surface area contributed by atoms with E-state index in [0.29, 0.717) is 18.0 Å². The number of aromatic nitrogens is 2. The summed E-state index contributed by atoms with van der Waals surface area (Å²) >= 11 is 0. The van der Waals surface area contributed by atoms with Crippen LogP contribution in [0.25, 0.3) is 0 Å². The molecule has 0 aliphatic carbocycles. The molecule has 1 N–H and O–H groups in total. The van der Waals surface area contributed by atoms with Crippen LogP contribution in [0.2, 0.25) is 0 Å². The number of aliphatic hydroxyl groups is 1. The van der Waals surface area contributed by atoms with Crippen LogP contribution >= 0.6 is 0 Å². The van der Waals surface area contributed by atoms with E-state index in [4.69, 9.17) is 9.47 Å². The van der Waals surface area contributed by atoms with Gasteiger partial charge in [0.2, 0.25) is 0 Å². The number of β-amino-alcohol motifs (C(OH)–C–C–N with tert-alkyl or cyclic N) is 1. The Balaban J connectivity index is 1.50. The highest BCUT2D eigenvalue weighted by atomic mass is 16.5. The quantitative estimate of drug-likeness (QED) is 0.607. The zero-order chi connectivity index (χ0) is 21.3. The van der Waals surface area contributed by atoms with E-state index >= 15 is 0 Å². The summed E-state index contributed by atoms with van der Waals surface area (Å²) in [6, 6.07) is 6.03. The maximum Gasteiger partial charge on any atom is 0.161 e. The molecule has 7 nitrogen and oxygen atoms in total. The van der Waals surface area contributed by atoms with Crippen molar-refractivity contribution in [2.24, 2.45) is 7.05 Å². The van der Waals surface area contributed by atoms with Crippen molar-refractivity contribution in [1.29, 1.82) is 0 Å². The summed E-state index contributed by atoms with van der Waals surface area (Å²) in [6.45, 7) is 4.84. The molecule has 1 atom stereocenters. The topological polar surface area (TPSA) is 63.0 Å². The molecule has 0 amide bonds. The van der Waals surface area contributed by atoms with Crippen molar-refractivity contribution in [2.75, 3.05) is 46.9 Å². The largest absolute Gasteiger partial charge is 0.493 e. The Morgan fingerprint density at radius 2 is 1.97 bits per heavy atom. The molecule has 3 rings (SSSR count). The molecule has 1 aromatic carbocycles. The van der Waals surface area contributed by atoms with Crippen LogP contribution in [0.4, 0.5) is 0 Å². The van der Waals surface area contributed by atoms with Crippen LogP contribution in [-0.4, -0.2) is 77.7 Å². The lowest BCUT2D eigenvalue weighted by molar-refractivity contribution is 0.0608. The van der Waals surface area contributed by atoms with Crippen molar-refractivity contribution in [2.45, 2.75) is 38.3 Å². The van der Waals surface area contributed by atoms with Crippen LogP contribution in [-0.2, 0) is 20.0 Å². The Morgan fingerprint density at radius 3 is 2.67 bits per heavy atom. The zero-order valence-electron chi connectivity index (χ0n) is 18.6. The van der Waals surface area contributed by atoms with Crippen LogP contribution in [0, 0.1) is 0 Å². The number of hydrogen-bond donors (Lipinski definition) is 1. The summed E-state index contributed by atoms with van der Waals surface area (Å²) in [5.41, 5.74) is 2.40. The molecule has 2 heterocycles. The van der Waals surface area contributed by atoms with Gasteiger partial charge in [0.05, 0.1) is 13.3 Å². The number of aliphatic hydroxyl groups excluding tert-OH is 1. The van der Waals surface area contributed by atoms with Gasteiger partial charge in [-0.3, -0.25) is 4.68 Å². The maximum atomic E-state index is 10.4. The van der Waals surface area contributed by atoms with Gasteiger partial charge in [0, 0.05) is 32.9 Å². The van der Waals surface area contributed by atoms with E-state index in [-0.39, 0.29) is 6.61 Å². The second-order valence-electron chi connectivity index (χ2n) is 8.32. The molecule has 1 fully saturated rings. The molecule has 2 aromatic rings. The lowest BCUT2D eigenvalue weighted by atomic mass is 10.1. The van der Waals surface area contributed by atoms with Gasteiger partial charge in [-0.2, -0.15) is 5.10 Å². The predicted molar refractivity (Wildman–Crippen MR) is 118 cm³/mol. The van der Waals surface area contributed by atoms with E-state index in [0.717, 1.165) is 38.2 Å². The summed E-state index contributed by atoms with van der Waals surface area (Å²) in [5.74, 6) is 1.38. The molecule has 0 unspecified atom stereocenters. The average Bonchev–Trinajstić information content (AvgIpc) is 3.17. The maximum absolute atomic E-state index is 10.4. The Kier molecular flexibility index (Phi) is 8.54. The Hall–Kier alpha value is -2.09. The number of nitrogens with zero attached hydrogens (tertiary/aromatic N) is 4. The Labute approximate surface area is 180 Å². The van der Waals surface area contributed by atoms with E-state index in [9.17, 15) is 5.11 Å². The second-order valence-corrected chi connectivity index (χ2v) is 8.32. The minimum Gasteiger partial charge on any atom is -0.493 e. The molecule has 0 spiro atoms. The first-order valence-corrected chi connectivity index (χ1v) is 10.9. The molecule has 1 saturated heterocycles.